The Balaban J connectivity index is 2.94. The summed E-state index contributed by atoms with van der Waals surface area (Å²) in [5.41, 5.74) is 1.14. The number of rotatable bonds is 4. The van der Waals surface area contributed by atoms with Gasteiger partial charge >= 0.3 is 5.97 Å². The van der Waals surface area contributed by atoms with Crippen LogP contribution in [-0.2, 0) is 9.59 Å². The first-order chi connectivity index (χ1) is 7.91. The zero-order valence-corrected chi connectivity index (χ0v) is 10.3. The van der Waals surface area contributed by atoms with Crippen LogP contribution in [0.1, 0.15) is 6.42 Å². The molecule has 1 rings (SSSR count). The molecule has 0 atom stereocenters. The molecule has 0 bridgehead atoms. The van der Waals surface area contributed by atoms with E-state index in [0.29, 0.717) is 16.4 Å². The van der Waals surface area contributed by atoms with Crippen molar-refractivity contribution in [1.82, 2.24) is 0 Å². The molecule has 0 spiro atoms. The van der Waals surface area contributed by atoms with Gasteiger partial charge in [0.25, 0.3) is 0 Å². The number of hydrogen-bond acceptors (Lipinski definition) is 3. The van der Waals surface area contributed by atoms with Crippen LogP contribution in [0.25, 0.3) is 0 Å². The van der Waals surface area contributed by atoms with Crippen molar-refractivity contribution in [3.05, 3.63) is 23.2 Å². The Morgan fingerprint density at radius 2 is 2.06 bits per heavy atom. The minimum absolute atomic E-state index is 0.489. The van der Waals surface area contributed by atoms with E-state index >= 15 is 0 Å². The Labute approximate surface area is 104 Å². The topological polar surface area (TPSA) is 69.6 Å². The number of carbonyl (C=O) groups is 2. The lowest BCUT2D eigenvalue weighted by molar-refractivity contribution is -0.139. The van der Waals surface area contributed by atoms with Gasteiger partial charge in [-0.2, -0.15) is 0 Å². The van der Waals surface area contributed by atoms with E-state index in [1.54, 1.807) is 37.2 Å². The molecule has 0 aliphatic carbocycles. The highest BCUT2D eigenvalue weighted by Gasteiger charge is 2.13. The smallest absolute Gasteiger partial charge is 0.312 e. The standard InChI is InChI=1S/C11H13ClN2O3/c1-14(2)11-7(12)4-3-5-8(11)13-9(15)6-10(16)17/h3-5H,6H2,1-2H3,(H,13,15)(H,16,17). The van der Waals surface area contributed by atoms with Gasteiger partial charge in [-0.15, -0.1) is 0 Å². The molecule has 0 saturated carbocycles. The first-order valence-corrected chi connectivity index (χ1v) is 5.27. The molecule has 92 valence electrons. The number of aliphatic carboxylic acids is 1. The number of hydrogen-bond donors (Lipinski definition) is 2. The summed E-state index contributed by atoms with van der Waals surface area (Å²) in [4.78, 5) is 23.5. The van der Waals surface area contributed by atoms with Gasteiger partial charge < -0.3 is 15.3 Å². The Bertz CT molecular complexity index is 446. The first kappa shape index (κ1) is 13.3. The number of benzene rings is 1. The fourth-order valence-electron chi connectivity index (χ4n) is 1.40. The molecule has 1 aromatic rings. The predicted octanol–water partition coefficient (Wildman–Crippen LogP) is 1.82. The molecule has 0 aromatic heterocycles. The van der Waals surface area contributed by atoms with Gasteiger partial charge in [0.05, 0.1) is 16.4 Å². The average Bonchev–Trinajstić information content (AvgIpc) is 2.15. The third-order valence-corrected chi connectivity index (χ3v) is 2.32. The summed E-state index contributed by atoms with van der Waals surface area (Å²) < 4.78 is 0. The Kier molecular flexibility index (Phi) is 4.34. The summed E-state index contributed by atoms with van der Waals surface area (Å²) in [5.74, 6) is -1.75. The average molecular weight is 257 g/mol. The maximum atomic E-state index is 11.4. The lowest BCUT2D eigenvalue weighted by atomic mass is 10.2. The molecule has 0 aliphatic rings. The Morgan fingerprint density at radius 1 is 1.41 bits per heavy atom. The molecule has 17 heavy (non-hydrogen) atoms. The molecule has 0 unspecified atom stereocenters. The monoisotopic (exact) mass is 256 g/mol. The third kappa shape index (κ3) is 3.64. The van der Waals surface area contributed by atoms with Crippen molar-refractivity contribution in [3.63, 3.8) is 0 Å². The second-order valence-corrected chi connectivity index (χ2v) is 4.06. The molecule has 0 saturated heterocycles. The van der Waals surface area contributed by atoms with Crippen molar-refractivity contribution in [2.45, 2.75) is 6.42 Å². The van der Waals surface area contributed by atoms with E-state index in [2.05, 4.69) is 5.32 Å². The summed E-state index contributed by atoms with van der Waals surface area (Å²) in [7, 11) is 3.57. The molecule has 0 radical (unpaired) electrons. The molecular formula is C11H13ClN2O3. The minimum Gasteiger partial charge on any atom is -0.481 e. The fourth-order valence-corrected chi connectivity index (χ4v) is 1.75. The highest BCUT2D eigenvalue weighted by molar-refractivity contribution is 6.34. The van der Waals surface area contributed by atoms with E-state index in [9.17, 15) is 9.59 Å². The highest BCUT2D eigenvalue weighted by atomic mass is 35.5. The largest absolute Gasteiger partial charge is 0.481 e. The van der Waals surface area contributed by atoms with Gasteiger partial charge in [-0.1, -0.05) is 17.7 Å². The highest BCUT2D eigenvalue weighted by Crippen LogP contribution is 2.32. The molecule has 5 nitrogen and oxygen atoms in total. The van der Waals surface area contributed by atoms with Crippen LogP contribution >= 0.6 is 11.6 Å². The van der Waals surface area contributed by atoms with E-state index in [1.165, 1.54) is 0 Å². The van der Waals surface area contributed by atoms with Crippen molar-refractivity contribution < 1.29 is 14.7 Å². The summed E-state index contributed by atoms with van der Waals surface area (Å²) in [5, 5.41) is 11.5. The van der Waals surface area contributed by atoms with Gasteiger partial charge in [-0.3, -0.25) is 9.59 Å². The number of nitrogens with one attached hydrogen (secondary N) is 1. The number of halogens is 1. The number of carboxylic acid groups (broad SMARTS) is 1. The van der Waals surface area contributed by atoms with Gasteiger partial charge in [-0.25, -0.2) is 0 Å². The fraction of sp³-hybridized carbons (Fsp3) is 0.273. The minimum atomic E-state index is -1.17. The van der Waals surface area contributed by atoms with Crippen LogP contribution in [0.15, 0.2) is 18.2 Å². The van der Waals surface area contributed by atoms with Gasteiger partial charge in [-0.05, 0) is 12.1 Å². The molecular weight excluding hydrogens is 244 g/mol. The quantitative estimate of drug-likeness (QED) is 0.807. The number of carbonyl (C=O) groups excluding carboxylic acids is 1. The molecule has 0 heterocycles. The number of carboxylic acids is 1. The molecule has 6 heteroatoms. The maximum absolute atomic E-state index is 11.4. The van der Waals surface area contributed by atoms with Crippen LogP contribution in [0.4, 0.5) is 11.4 Å². The van der Waals surface area contributed by atoms with Crippen LogP contribution in [-0.4, -0.2) is 31.1 Å². The molecule has 0 aliphatic heterocycles. The lowest BCUT2D eigenvalue weighted by Crippen LogP contribution is -2.19. The lowest BCUT2D eigenvalue weighted by Gasteiger charge is -2.19. The molecule has 2 N–H and O–H groups in total. The molecule has 1 amide bonds. The second-order valence-electron chi connectivity index (χ2n) is 3.65. The van der Waals surface area contributed by atoms with Crippen molar-refractivity contribution in [1.29, 1.82) is 0 Å². The summed E-state index contributed by atoms with van der Waals surface area (Å²) in [6.07, 6.45) is -0.570. The molecule has 0 fully saturated rings. The van der Waals surface area contributed by atoms with Gasteiger partial charge in [0, 0.05) is 14.1 Å². The van der Waals surface area contributed by atoms with E-state index in [0.717, 1.165) is 0 Å². The summed E-state index contributed by atoms with van der Waals surface area (Å²) in [6.45, 7) is 0. The normalized spacial score (nSPS) is 9.82. The van der Waals surface area contributed by atoms with E-state index in [-0.39, 0.29) is 0 Å². The Hall–Kier alpha value is -1.75. The van der Waals surface area contributed by atoms with Gasteiger partial charge in [0.15, 0.2) is 0 Å². The zero-order chi connectivity index (χ0) is 13.0. The number of amides is 1. The van der Waals surface area contributed by atoms with E-state index in [1.807, 2.05) is 0 Å². The van der Waals surface area contributed by atoms with Crippen molar-refractivity contribution >= 4 is 34.9 Å². The number of para-hydroxylation sites is 1. The molecule has 1 aromatic carbocycles. The van der Waals surface area contributed by atoms with E-state index < -0.39 is 18.3 Å². The first-order valence-electron chi connectivity index (χ1n) is 4.89. The number of nitrogens with zero attached hydrogens (tertiary/aromatic N) is 1. The summed E-state index contributed by atoms with van der Waals surface area (Å²) >= 11 is 6.00. The van der Waals surface area contributed by atoms with Crippen molar-refractivity contribution in [2.24, 2.45) is 0 Å². The number of anilines is 2. The third-order valence-electron chi connectivity index (χ3n) is 2.02. The van der Waals surface area contributed by atoms with Gasteiger partial charge in [0.2, 0.25) is 5.91 Å². The SMILES string of the molecule is CN(C)c1c(Cl)cccc1NC(=O)CC(=O)O. The maximum Gasteiger partial charge on any atom is 0.312 e. The van der Waals surface area contributed by atoms with Gasteiger partial charge in [0.1, 0.15) is 6.42 Å². The van der Waals surface area contributed by atoms with Crippen LogP contribution < -0.4 is 10.2 Å². The predicted molar refractivity (Wildman–Crippen MR) is 66.7 cm³/mol. The van der Waals surface area contributed by atoms with Crippen molar-refractivity contribution in [3.8, 4) is 0 Å². The Morgan fingerprint density at radius 3 is 2.59 bits per heavy atom. The van der Waals surface area contributed by atoms with Crippen LogP contribution in [0.3, 0.4) is 0 Å². The van der Waals surface area contributed by atoms with Crippen LogP contribution in [0.2, 0.25) is 5.02 Å². The van der Waals surface area contributed by atoms with Crippen LogP contribution in [0.5, 0.6) is 0 Å². The van der Waals surface area contributed by atoms with Crippen LogP contribution in [0, 0.1) is 0 Å². The zero-order valence-electron chi connectivity index (χ0n) is 9.53. The van der Waals surface area contributed by atoms with Crippen molar-refractivity contribution in [2.75, 3.05) is 24.3 Å². The second kappa shape index (κ2) is 5.54. The van der Waals surface area contributed by atoms with E-state index in [4.69, 9.17) is 16.7 Å². The summed E-state index contributed by atoms with van der Waals surface area (Å²) in [6, 6.07) is 5.05.